The van der Waals surface area contributed by atoms with Gasteiger partial charge >= 0.3 is 5.97 Å². The number of nitrogens with zero attached hydrogens (tertiary/aromatic N) is 1. The van der Waals surface area contributed by atoms with E-state index in [4.69, 9.17) is 33.0 Å². The van der Waals surface area contributed by atoms with Crippen LogP contribution in [0.2, 0.25) is 5.02 Å². The van der Waals surface area contributed by atoms with Gasteiger partial charge < -0.3 is 14.9 Å². The number of aliphatic carboxylic acids is 1. The topological polar surface area (TPSA) is 70.0 Å². The van der Waals surface area contributed by atoms with Crippen molar-refractivity contribution in [2.45, 2.75) is 82.4 Å². The molecule has 1 aromatic carbocycles. The Kier molecular flexibility index (Phi) is 11.1. The van der Waals surface area contributed by atoms with Gasteiger partial charge in [-0.2, -0.15) is 0 Å². The number of aliphatic hydroxyl groups excluding tert-OH is 1. The third kappa shape index (κ3) is 8.33. The zero-order chi connectivity index (χ0) is 25.4. The molecular formula is C28H39Cl2NO4. The summed E-state index contributed by atoms with van der Waals surface area (Å²) in [6.45, 7) is 6.01. The molecule has 0 bridgehead atoms. The van der Waals surface area contributed by atoms with Gasteiger partial charge in [0.15, 0.2) is 0 Å². The van der Waals surface area contributed by atoms with Crippen LogP contribution in [-0.4, -0.2) is 58.3 Å². The molecule has 1 aliphatic heterocycles. The molecule has 1 saturated heterocycles. The molecule has 7 heteroatoms. The fourth-order valence-electron chi connectivity index (χ4n) is 5.22. The molecule has 0 amide bonds. The second-order valence-corrected chi connectivity index (χ2v) is 10.7. The summed E-state index contributed by atoms with van der Waals surface area (Å²) in [6, 6.07) is 5.96. The van der Waals surface area contributed by atoms with Crippen molar-refractivity contribution >= 4 is 29.2 Å². The molecule has 5 nitrogen and oxygen atoms in total. The number of carboxylic acid groups (broad SMARTS) is 1. The van der Waals surface area contributed by atoms with Gasteiger partial charge in [0, 0.05) is 24.0 Å². The highest BCUT2D eigenvalue weighted by Crippen LogP contribution is 2.31. The lowest BCUT2D eigenvalue weighted by molar-refractivity contribution is -0.136. The number of β-amino-alcohol motifs (C(OH)–C–C–N with tert-alkyl or cyclic N) is 1. The number of benzene rings is 1. The van der Waals surface area contributed by atoms with Crippen LogP contribution in [0, 0.1) is 5.92 Å². The summed E-state index contributed by atoms with van der Waals surface area (Å²) in [5.74, 6) is -0.447. The monoisotopic (exact) mass is 523 g/mol. The van der Waals surface area contributed by atoms with Gasteiger partial charge in [-0.1, -0.05) is 55.3 Å². The molecule has 1 fully saturated rings. The molecule has 0 spiro atoms. The van der Waals surface area contributed by atoms with Gasteiger partial charge in [-0.15, -0.1) is 11.6 Å². The van der Waals surface area contributed by atoms with Crippen LogP contribution in [0.5, 0.6) is 0 Å². The molecule has 1 aliphatic carbocycles. The molecular weight excluding hydrogens is 485 g/mol. The van der Waals surface area contributed by atoms with Crippen LogP contribution in [0.3, 0.4) is 0 Å². The first kappa shape index (κ1) is 28.2. The number of hydrogen-bond acceptors (Lipinski definition) is 4. The molecule has 2 aliphatic rings. The zero-order valence-corrected chi connectivity index (χ0v) is 22.3. The number of rotatable bonds is 13. The maximum atomic E-state index is 11.1. The van der Waals surface area contributed by atoms with Crippen molar-refractivity contribution in [2.24, 2.45) is 5.92 Å². The predicted octanol–water partition coefficient (Wildman–Crippen LogP) is 6.17. The number of allylic oxidation sites excluding steroid dienone is 3. The lowest BCUT2D eigenvalue weighted by atomic mass is 9.90. The van der Waals surface area contributed by atoms with E-state index in [9.17, 15) is 9.90 Å². The Morgan fingerprint density at radius 3 is 2.83 bits per heavy atom. The molecule has 194 valence electrons. The normalized spacial score (nSPS) is 24.4. The van der Waals surface area contributed by atoms with Gasteiger partial charge in [0.05, 0.1) is 24.2 Å². The SMILES string of the molecule is CCC(OC[C@H](O)CN1CCC[C@H]1CC1=CC(CC)C(Cl)C=C1)c1ccc(Cl)cc1CCC(=O)O. The number of aryl methyl sites for hydroxylation is 1. The number of likely N-dealkylation sites (tertiary alicyclic amines) is 1. The zero-order valence-electron chi connectivity index (χ0n) is 20.8. The number of hydrogen-bond donors (Lipinski definition) is 2. The molecule has 3 unspecified atom stereocenters. The molecule has 1 heterocycles. The summed E-state index contributed by atoms with van der Waals surface area (Å²) < 4.78 is 6.16. The van der Waals surface area contributed by atoms with Crippen molar-refractivity contribution in [1.82, 2.24) is 4.90 Å². The summed E-state index contributed by atoms with van der Waals surface area (Å²) in [5, 5.41) is 20.6. The van der Waals surface area contributed by atoms with Crippen LogP contribution in [-0.2, 0) is 16.0 Å². The number of carbonyl (C=O) groups is 1. The number of aliphatic hydroxyl groups is 1. The number of alkyl halides is 1. The van der Waals surface area contributed by atoms with Crippen LogP contribution in [0.25, 0.3) is 0 Å². The predicted molar refractivity (Wildman–Crippen MR) is 142 cm³/mol. The third-order valence-corrected chi connectivity index (χ3v) is 7.84. The fraction of sp³-hybridized carbons (Fsp3) is 0.607. The van der Waals surface area contributed by atoms with Crippen molar-refractivity contribution in [3.63, 3.8) is 0 Å². The lowest BCUT2D eigenvalue weighted by Gasteiger charge is -2.29. The minimum absolute atomic E-state index is 0.0406. The first-order valence-corrected chi connectivity index (χ1v) is 13.7. The summed E-state index contributed by atoms with van der Waals surface area (Å²) in [4.78, 5) is 13.5. The molecule has 0 radical (unpaired) electrons. The minimum atomic E-state index is -0.840. The highest BCUT2D eigenvalue weighted by Gasteiger charge is 2.28. The van der Waals surface area contributed by atoms with Crippen molar-refractivity contribution in [2.75, 3.05) is 19.7 Å². The molecule has 3 rings (SSSR count). The van der Waals surface area contributed by atoms with Crippen LogP contribution >= 0.6 is 23.2 Å². The first-order valence-electron chi connectivity index (χ1n) is 12.9. The summed E-state index contributed by atoms with van der Waals surface area (Å²) in [6.07, 6.45) is 11.3. The van der Waals surface area contributed by atoms with Crippen LogP contribution in [0.1, 0.15) is 69.6 Å². The van der Waals surface area contributed by atoms with Crippen LogP contribution in [0.4, 0.5) is 0 Å². The first-order chi connectivity index (χ1) is 16.8. The quantitative estimate of drug-likeness (QED) is 0.302. The average Bonchev–Trinajstić information content (AvgIpc) is 3.26. The van der Waals surface area contributed by atoms with Crippen LogP contribution in [0.15, 0.2) is 42.0 Å². The van der Waals surface area contributed by atoms with E-state index in [1.54, 1.807) is 0 Å². The average molecular weight is 525 g/mol. The van der Waals surface area contributed by atoms with E-state index < -0.39 is 12.1 Å². The minimum Gasteiger partial charge on any atom is -0.481 e. The highest BCUT2D eigenvalue weighted by atomic mass is 35.5. The number of ether oxygens (including phenoxy) is 1. The Morgan fingerprint density at radius 1 is 1.31 bits per heavy atom. The number of carboxylic acids is 1. The molecule has 0 aromatic heterocycles. The van der Waals surface area contributed by atoms with Crippen molar-refractivity contribution < 1.29 is 19.7 Å². The molecule has 35 heavy (non-hydrogen) atoms. The van der Waals surface area contributed by atoms with Crippen molar-refractivity contribution in [3.05, 3.63) is 58.1 Å². The van der Waals surface area contributed by atoms with Crippen LogP contribution < -0.4 is 0 Å². The van der Waals surface area contributed by atoms with Crippen molar-refractivity contribution in [1.29, 1.82) is 0 Å². The Balaban J connectivity index is 1.55. The van der Waals surface area contributed by atoms with Gasteiger partial charge in [0.25, 0.3) is 0 Å². The van der Waals surface area contributed by atoms with Gasteiger partial charge in [0.2, 0.25) is 0 Å². The molecule has 5 atom stereocenters. The Hall–Kier alpha value is -1.37. The Morgan fingerprint density at radius 2 is 2.11 bits per heavy atom. The van der Waals surface area contributed by atoms with E-state index in [2.05, 4.69) is 30.1 Å². The van der Waals surface area contributed by atoms with E-state index in [1.807, 2.05) is 25.1 Å². The van der Waals surface area contributed by atoms with Gasteiger partial charge in [-0.25, -0.2) is 0 Å². The van der Waals surface area contributed by atoms with Gasteiger partial charge in [0.1, 0.15) is 0 Å². The largest absolute Gasteiger partial charge is 0.481 e. The van der Waals surface area contributed by atoms with E-state index in [1.165, 1.54) is 5.57 Å². The lowest BCUT2D eigenvalue weighted by Crippen LogP contribution is -2.38. The molecule has 1 aromatic rings. The number of halogens is 2. The Labute approximate surface area is 219 Å². The van der Waals surface area contributed by atoms with Gasteiger partial charge in [-0.3, -0.25) is 9.69 Å². The Bertz CT molecular complexity index is 903. The smallest absolute Gasteiger partial charge is 0.303 e. The molecule has 2 N–H and O–H groups in total. The summed E-state index contributed by atoms with van der Waals surface area (Å²) in [5.41, 5.74) is 3.18. The van der Waals surface area contributed by atoms with Gasteiger partial charge in [-0.05, 0) is 74.2 Å². The third-order valence-electron chi connectivity index (χ3n) is 7.14. The van der Waals surface area contributed by atoms with E-state index in [0.717, 1.165) is 49.8 Å². The maximum absolute atomic E-state index is 11.1. The highest BCUT2D eigenvalue weighted by molar-refractivity contribution is 6.30. The van der Waals surface area contributed by atoms with E-state index >= 15 is 0 Å². The maximum Gasteiger partial charge on any atom is 0.303 e. The second kappa shape index (κ2) is 13.8. The standard InChI is InChI=1S/C28H39Cl2NO4/c1-3-20-14-19(7-11-26(20)30)15-23-6-5-13-31(23)17-24(32)18-35-27(4-2)25-10-9-22(29)16-21(25)8-12-28(33)34/h7,9-11,14,16,20,23-24,26-27,32H,3-6,8,12-13,15,17-18H2,1-2H3,(H,33,34)/t20?,23-,24+,26?,27?/m0/s1. The summed E-state index contributed by atoms with van der Waals surface area (Å²) >= 11 is 12.6. The summed E-state index contributed by atoms with van der Waals surface area (Å²) in [7, 11) is 0. The molecule has 0 saturated carbocycles. The van der Waals surface area contributed by atoms with Crippen molar-refractivity contribution in [3.8, 4) is 0 Å². The second-order valence-electron chi connectivity index (χ2n) is 9.73. The van der Waals surface area contributed by atoms with E-state index in [-0.39, 0.29) is 24.5 Å². The fourth-order valence-corrected chi connectivity index (χ4v) is 5.74. The van der Waals surface area contributed by atoms with E-state index in [0.29, 0.717) is 29.9 Å².